The van der Waals surface area contributed by atoms with Crippen LogP contribution < -0.4 is 5.76 Å². The smallest absolute Gasteiger partial charge is 0.387 e. The van der Waals surface area contributed by atoms with E-state index in [1.165, 1.54) is 11.3 Å². The molecule has 0 amide bonds. The van der Waals surface area contributed by atoms with Gasteiger partial charge in [0.15, 0.2) is 0 Å². The normalized spacial score (nSPS) is 11.0. The summed E-state index contributed by atoms with van der Waals surface area (Å²) in [6.07, 6.45) is 0. The summed E-state index contributed by atoms with van der Waals surface area (Å²) in [6.45, 7) is 0.0290. The molecule has 0 aliphatic carbocycles. The van der Waals surface area contributed by atoms with E-state index >= 15 is 0 Å². The predicted molar refractivity (Wildman–Crippen MR) is 87.9 cm³/mol. The first kappa shape index (κ1) is 14.9. The first-order valence-electron chi connectivity index (χ1n) is 6.89. The van der Waals surface area contributed by atoms with E-state index < -0.39 is 5.76 Å². The summed E-state index contributed by atoms with van der Waals surface area (Å²) >= 11 is 7.39. The Morgan fingerprint density at radius 3 is 2.96 bits per heavy atom. The third-order valence-electron chi connectivity index (χ3n) is 3.17. The Labute approximate surface area is 144 Å². The van der Waals surface area contributed by atoms with E-state index in [4.69, 9.17) is 20.5 Å². The number of rotatable bonds is 4. The van der Waals surface area contributed by atoms with Crippen LogP contribution in [-0.4, -0.2) is 19.9 Å². The van der Waals surface area contributed by atoms with Gasteiger partial charge in [0.25, 0.3) is 5.89 Å². The lowest BCUT2D eigenvalue weighted by molar-refractivity contribution is 0.360. The van der Waals surface area contributed by atoms with Crippen LogP contribution in [0.2, 0.25) is 5.02 Å². The SMILES string of the molecule is O=c1oc(-c2cccs2)nn1Cc1nc(-c2cccc(Cl)c2)no1. The lowest BCUT2D eigenvalue weighted by atomic mass is 10.2. The van der Waals surface area contributed by atoms with Gasteiger partial charge in [0.1, 0.15) is 6.54 Å². The minimum absolute atomic E-state index is 0.0290. The molecule has 0 N–H and O–H groups in total. The third kappa shape index (κ3) is 2.89. The molecule has 1 aromatic carbocycles. The predicted octanol–water partition coefficient (Wildman–Crippen LogP) is 3.32. The molecule has 0 aliphatic rings. The average Bonchev–Trinajstić information content (AvgIpc) is 3.30. The maximum atomic E-state index is 11.9. The summed E-state index contributed by atoms with van der Waals surface area (Å²) in [5.41, 5.74) is 0.726. The summed E-state index contributed by atoms with van der Waals surface area (Å²) in [5, 5.41) is 10.5. The van der Waals surface area contributed by atoms with Gasteiger partial charge >= 0.3 is 5.76 Å². The second-order valence-electron chi connectivity index (χ2n) is 4.83. The monoisotopic (exact) mass is 360 g/mol. The Hall–Kier alpha value is -2.71. The van der Waals surface area contributed by atoms with Crippen molar-refractivity contribution < 1.29 is 8.94 Å². The van der Waals surface area contributed by atoms with Crippen LogP contribution in [0.3, 0.4) is 0 Å². The largest absolute Gasteiger partial charge is 0.437 e. The Balaban J connectivity index is 1.60. The van der Waals surface area contributed by atoms with Gasteiger partial charge in [0.05, 0.1) is 4.88 Å². The fourth-order valence-electron chi connectivity index (χ4n) is 2.10. The minimum Gasteiger partial charge on any atom is -0.387 e. The highest BCUT2D eigenvalue weighted by atomic mass is 35.5. The van der Waals surface area contributed by atoms with E-state index in [-0.39, 0.29) is 18.3 Å². The van der Waals surface area contributed by atoms with Crippen LogP contribution in [0.1, 0.15) is 5.89 Å². The van der Waals surface area contributed by atoms with E-state index in [9.17, 15) is 4.79 Å². The lowest BCUT2D eigenvalue weighted by Gasteiger charge is -1.94. The van der Waals surface area contributed by atoms with E-state index in [0.717, 1.165) is 15.1 Å². The van der Waals surface area contributed by atoms with Gasteiger partial charge in [-0.3, -0.25) is 0 Å². The zero-order valence-corrected chi connectivity index (χ0v) is 13.6. The van der Waals surface area contributed by atoms with Crippen LogP contribution in [0.15, 0.2) is 55.5 Å². The van der Waals surface area contributed by atoms with Gasteiger partial charge in [-0.1, -0.05) is 35.0 Å². The molecular formula is C15H9ClN4O3S. The number of hydrogen-bond donors (Lipinski definition) is 0. The van der Waals surface area contributed by atoms with E-state index in [1.54, 1.807) is 18.2 Å². The van der Waals surface area contributed by atoms with Gasteiger partial charge in [0.2, 0.25) is 11.7 Å². The van der Waals surface area contributed by atoms with E-state index in [2.05, 4.69) is 15.2 Å². The highest BCUT2D eigenvalue weighted by Crippen LogP contribution is 2.22. The topological polar surface area (TPSA) is 87.0 Å². The second-order valence-corrected chi connectivity index (χ2v) is 6.21. The molecule has 0 saturated carbocycles. The molecule has 24 heavy (non-hydrogen) atoms. The number of thiophene rings is 1. The van der Waals surface area contributed by atoms with Crippen molar-refractivity contribution in [3.05, 3.63) is 63.2 Å². The quantitative estimate of drug-likeness (QED) is 0.555. The fourth-order valence-corrected chi connectivity index (χ4v) is 2.93. The Bertz CT molecular complexity index is 1040. The molecule has 3 heterocycles. The molecule has 7 nitrogen and oxygen atoms in total. The number of aromatic nitrogens is 4. The highest BCUT2D eigenvalue weighted by Gasteiger charge is 2.15. The molecule has 0 unspecified atom stereocenters. The molecule has 0 aliphatic heterocycles. The Kier molecular flexibility index (Phi) is 3.75. The van der Waals surface area contributed by atoms with Crippen LogP contribution in [-0.2, 0) is 6.54 Å². The molecule has 0 radical (unpaired) electrons. The van der Waals surface area contributed by atoms with Gasteiger partial charge in [-0.2, -0.15) is 9.67 Å². The van der Waals surface area contributed by atoms with Gasteiger partial charge in [-0.15, -0.1) is 16.4 Å². The molecule has 120 valence electrons. The first-order valence-corrected chi connectivity index (χ1v) is 8.15. The molecular weight excluding hydrogens is 352 g/mol. The van der Waals surface area contributed by atoms with Crippen molar-refractivity contribution >= 4 is 22.9 Å². The van der Waals surface area contributed by atoms with Crippen LogP contribution in [0.4, 0.5) is 0 Å². The zero-order chi connectivity index (χ0) is 16.5. The van der Waals surface area contributed by atoms with Gasteiger partial charge in [-0.25, -0.2) is 4.79 Å². The molecule has 9 heteroatoms. The standard InChI is InChI=1S/C15H9ClN4O3S/c16-10-4-1-3-9(7-10)13-17-12(23-19-13)8-20-15(21)22-14(18-20)11-5-2-6-24-11/h1-7H,8H2. The summed E-state index contributed by atoms with van der Waals surface area (Å²) in [4.78, 5) is 16.9. The van der Waals surface area contributed by atoms with Crippen molar-refractivity contribution in [3.8, 4) is 22.2 Å². The van der Waals surface area contributed by atoms with Crippen LogP contribution >= 0.6 is 22.9 Å². The molecule has 0 bridgehead atoms. The van der Waals surface area contributed by atoms with E-state index in [1.807, 2.05) is 23.6 Å². The summed E-state index contributed by atoms with van der Waals surface area (Å²) < 4.78 is 11.5. The van der Waals surface area contributed by atoms with Crippen molar-refractivity contribution in [2.75, 3.05) is 0 Å². The van der Waals surface area contributed by atoms with Crippen LogP contribution in [0, 0.1) is 0 Å². The Morgan fingerprint density at radius 2 is 2.17 bits per heavy atom. The van der Waals surface area contributed by atoms with Crippen LogP contribution in [0.25, 0.3) is 22.2 Å². The molecule has 0 spiro atoms. The fraction of sp³-hybridized carbons (Fsp3) is 0.0667. The van der Waals surface area contributed by atoms with Crippen LogP contribution in [0.5, 0.6) is 0 Å². The van der Waals surface area contributed by atoms with Gasteiger partial charge < -0.3 is 8.94 Å². The van der Waals surface area contributed by atoms with Crippen molar-refractivity contribution in [3.63, 3.8) is 0 Å². The number of nitrogens with zero attached hydrogens (tertiary/aromatic N) is 4. The maximum absolute atomic E-state index is 11.9. The first-order chi connectivity index (χ1) is 11.7. The molecule has 0 saturated heterocycles. The van der Waals surface area contributed by atoms with Gasteiger partial charge in [0, 0.05) is 10.6 Å². The third-order valence-corrected chi connectivity index (χ3v) is 4.27. The summed E-state index contributed by atoms with van der Waals surface area (Å²) in [5.74, 6) is 0.325. The summed E-state index contributed by atoms with van der Waals surface area (Å²) in [7, 11) is 0. The average molecular weight is 361 g/mol. The van der Waals surface area contributed by atoms with Gasteiger partial charge in [-0.05, 0) is 23.6 Å². The molecule has 0 atom stereocenters. The molecule has 4 rings (SSSR count). The molecule has 0 fully saturated rings. The highest BCUT2D eigenvalue weighted by molar-refractivity contribution is 7.13. The maximum Gasteiger partial charge on any atom is 0.437 e. The van der Waals surface area contributed by atoms with Crippen molar-refractivity contribution in [2.24, 2.45) is 0 Å². The van der Waals surface area contributed by atoms with Crippen molar-refractivity contribution in [1.82, 2.24) is 19.9 Å². The molecule has 4 aromatic rings. The second kappa shape index (κ2) is 6.06. The summed E-state index contributed by atoms with van der Waals surface area (Å²) in [6, 6.07) is 10.8. The van der Waals surface area contributed by atoms with Crippen molar-refractivity contribution in [2.45, 2.75) is 6.54 Å². The minimum atomic E-state index is -0.582. The van der Waals surface area contributed by atoms with Crippen molar-refractivity contribution in [1.29, 1.82) is 0 Å². The zero-order valence-electron chi connectivity index (χ0n) is 12.0. The molecule has 3 aromatic heterocycles. The Morgan fingerprint density at radius 1 is 1.25 bits per heavy atom. The number of halogens is 1. The van der Waals surface area contributed by atoms with E-state index in [0.29, 0.717) is 10.8 Å². The number of benzene rings is 1. The lowest BCUT2D eigenvalue weighted by Crippen LogP contribution is -2.16. The number of hydrogen-bond acceptors (Lipinski definition) is 7.